The molecule has 2 saturated heterocycles. The molecule has 4 aromatic rings. The Morgan fingerprint density at radius 2 is 1.70 bits per heavy atom. The van der Waals surface area contributed by atoms with Gasteiger partial charge in [-0.1, -0.05) is 18.2 Å². The Morgan fingerprint density at radius 3 is 2.43 bits per heavy atom. The largest absolute Gasteiger partial charge is 0.416 e. The van der Waals surface area contributed by atoms with Gasteiger partial charge < -0.3 is 15.1 Å². The fourth-order valence-corrected chi connectivity index (χ4v) is 6.23. The van der Waals surface area contributed by atoms with Crippen LogP contribution in [0, 0.1) is 17.1 Å². The number of carbonyl (C=O) groups excluding carboxylic acids is 1. The van der Waals surface area contributed by atoms with Crippen molar-refractivity contribution in [3.05, 3.63) is 94.8 Å². The molecule has 2 aliphatic heterocycles. The van der Waals surface area contributed by atoms with Gasteiger partial charge in [-0.05, 0) is 104 Å². The zero-order valence-corrected chi connectivity index (χ0v) is 24.0. The zero-order valence-electron chi connectivity index (χ0n) is 24.0. The van der Waals surface area contributed by atoms with Crippen molar-refractivity contribution in [3.63, 3.8) is 0 Å². The SMILES string of the molecule is N#Cc1ccc(-c2ccc3nc(NCc4cc(F)cc(C(F)(F)F)c4)cc(C(=O)N4CCC[C@H]4CN4CCCC4)c3c2)cc1. The van der Waals surface area contributed by atoms with E-state index < -0.39 is 17.6 Å². The van der Waals surface area contributed by atoms with Gasteiger partial charge in [-0.2, -0.15) is 18.4 Å². The average Bonchev–Trinajstić information content (AvgIpc) is 3.71. The molecule has 0 radical (unpaired) electrons. The van der Waals surface area contributed by atoms with Crippen LogP contribution in [0.25, 0.3) is 22.0 Å². The number of fused-ring (bicyclic) bond motifs is 1. The third kappa shape index (κ3) is 6.38. The summed E-state index contributed by atoms with van der Waals surface area (Å²) < 4.78 is 53.8. The maximum atomic E-state index is 14.2. The number of amides is 1. The van der Waals surface area contributed by atoms with Crippen molar-refractivity contribution >= 4 is 22.6 Å². The highest BCUT2D eigenvalue weighted by molar-refractivity contribution is 6.08. The molecular formula is C34H31F4N5O. The number of hydrogen-bond donors (Lipinski definition) is 1. The molecule has 1 atom stereocenters. The lowest BCUT2D eigenvalue weighted by Crippen LogP contribution is -2.42. The highest BCUT2D eigenvalue weighted by Gasteiger charge is 2.33. The van der Waals surface area contributed by atoms with E-state index in [2.05, 4.69) is 21.3 Å². The number of rotatable bonds is 7. The van der Waals surface area contributed by atoms with Crippen LogP contribution in [0.3, 0.4) is 0 Å². The summed E-state index contributed by atoms with van der Waals surface area (Å²) in [5.74, 6) is -0.795. The second kappa shape index (κ2) is 12.2. The van der Waals surface area contributed by atoms with Crippen LogP contribution < -0.4 is 5.32 Å². The minimum Gasteiger partial charge on any atom is -0.366 e. The highest BCUT2D eigenvalue weighted by Crippen LogP contribution is 2.32. The van der Waals surface area contributed by atoms with E-state index in [0.29, 0.717) is 40.5 Å². The molecule has 1 aromatic heterocycles. The molecule has 0 aliphatic carbocycles. The molecule has 0 bridgehead atoms. The van der Waals surface area contributed by atoms with Crippen molar-refractivity contribution in [3.8, 4) is 17.2 Å². The summed E-state index contributed by atoms with van der Waals surface area (Å²) in [7, 11) is 0. The number of benzene rings is 3. The van der Waals surface area contributed by atoms with Crippen molar-refractivity contribution in [2.75, 3.05) is 31.5 Å². The van der Waals surface area contributed by atoms with Gasteiger partial charge in [0.05, 0.1) is 28.3 Å². The lowest BCUT2D eigenvalue weighted by Gasteiger charge is -2.29. The van der Waals surface area contributed by atoms with E-state index in [4.69, 9.17) is 0 Å². The van der Waals surface area contributed by atoms with Gasteiger partial charge >= 0.3 is 6.18 Å². The van der Waals surface area contributed by atoms with Crippen LogP contribution in [0.5, 0.6) is 0 Å². The molecule has 6 rings (SSSR count). The zero-order chi connectivity index (χ0) is 30.8. The number of aromatic nitrogens is 1. The molecule has 2 aliphatic rings. The summed E-state index contributed by atoms with van der Waals surface area (Å²) in [5, 5.41) is 12.9. The second-order valence-corrected chi connectivity index (χ2v) is 11.5. The quantitative estimate of drug-likeness (QED) is 0.226. The number of nitrogens with zero attached hydrogens (tertiary/aromatic N) is 4. The number of anilines is 1. The van der Waals surface area contributed by atoms with E-state index >= 15 is 0 Å². The topological polar surface area (TPSA) is 72.3 Å². The molecule has 2 fully saturated rings. The van der Waals surface area contributed by atoms with Crippen LogP contribution in [0.1, 0.15) is 52.7 Å². The molecule has 6 nitrogen and oxygen atoms in total. The number of carbonyl (C=O) groups is 1. The summed E-state index contributed by atoms with van der Waals surface area (Å²) in [5.41, 5.74) is 2.30. The fourth-order valence-electron chi connectivity index (χ4n) is 6.23. The minimum atomic E-state index is -4.67. The first-order valence-corrected chi connectivity index (χ1v) is 14.8. The van der Waals surface area contributed by atoms with Crippen LogP contribution in [0.4, 0.5) is 23.4 Å². The minimum absolute atomic E-state index is 0.0926. The molecule has 226 valence electrons. The van der Waals surface area contributed by atoms with Gasteiger partial charge in [0.25, 0.3) is 5.91 Å². The first-order chi connectivity index (χ1) is 21.2. The van der Waals surface area contributed by atoms with Crippen LogP contribution in [-0.4, -0.2) is 52.9 Å². The summed E-state index contributed by atoms with van der Waals surface area (Å²) in [6.45, 7) is 3.43. The monoisotopic (exact) mass is 601 g/mol. The summed E-state index contributed by atoms with van der Waals surface area (Å²) in [6, 6.07) is 19.0. The molecule has 0 saturated carbocycles. The predicted octanol–water partition coefficient (Wildman–Crippen LogP) is 7.24. The summed E-state index contributed by atoms with van der Waals surface area (Å²) in [4.78, 5) is 23.3. The first-order valence-electron chi connectivity index (χ1n) is 14.8. The van der Waals surface area contributed by atoms with E-state index in [1.807, 2.05) is 29.2 Å². The highest BCUT2D eigenvalue weighted by atomic mass is 19.4. The Morgan fingerprint density at radius 1 is 0.955 bits per heavy atom. The van der Waals surface area contributed by atoms with E-state index in [1.54, 1.807) is 24.3 Å². The third-order valence-corrected chi connectivity index (χ3v) is 8.45. The fraction of sp³-hybridized carbons (Fsp3) is 0.324. The molecule has 0 spiro atoms. The second-order valence-electron chi connectivity index (χ2n) is 11.5. The van der Waals surface area contributed by atoms with E-state index in [9.17, 15) is 27.6 Å². The van der Waals surface area contributed by atoms with Crippen LogP contribution in [0.2, 0.25) is 0 Å². The van der Waals surface area contributed by atoms with Gasteiger partial charge in [-0.15, -0.1) is 0 Å². The van der Waals surface area contributed by atoms with Crippen LogP contribution >= 0.6 is 0 Å². The first kappa shape index (κ1) is 29.6. The molecule has 0 unspecified atom stereocenters. The number of pyridine rings is 1. The van der Waals surface area contributed by atoms with Gasteiger partial charge in [0.15, 0.2) is 0 Å². The Bertz CT molecular complexity index is 1730. The molecule has 3 aromatic carbocycles. The Balaban J connectivity index is 1.36. The lowest BCUT2D eigenvalue weighted by atomic mass is 9.99. The van der Waals surface area contributed by atoms with Gasteiger partial charge in [-0.3, -0.25) is 4.79 Å². The number of halogens is 4. The van der Waals surface area contributed by atoms with Crippen molar-refractivity contribution in [1.29, 1.82) is 5.26 Å². The van der Waals surface area contributed by atoms with Gasteiger partial charge in [-0.25, -0.2) is 9.37 Å². The molecule has 10 heteroatoms. The number of hydrogen-bond acceptors (Lipinski definition) is 5. The molecular weight excluding hydrogens is 570 g/mol. The summed E-state index contributed by atoms with van der Waals surface area (Å²) in [6.07, 6.45) is -0.507. The molecule has 3 heterocycles. The third-order valence-electron chi connectivity index (χ3n) is 8.45. The van der Waals surface area contributed by atoms with Gasteiger partial charge in [0.1, 0.15) is 11.6 Å². The van der Waals surface area contributed by atoms with Crippen LogP contribution in [-0.2, 0) is 12.7 Å². The molecule has 44 heavy (non-hydrogen) atoms. The molecule has 1 amide bonds. The van der Waals surface area contributed by atoms with Crippen molar-refractivity contribution in [2.24, 2.45) is 0 Å². The van der Waals surface area contributed by atoms with Gasteiger partial charge in [0, 0.05) is 31.1 Å². The maximum Gasteiger partial charge on any atom is 0.416 e. The Kier molecular flexibility index (Phi) is 8.23. The summed E-state index contributed by atoms with van der Waals surface area (Å²) >= 11 is 0. The van der Waals surface area contributed by atoms with E-state index in [1.165, 1.54) is 12.8 Å². The number of nitriles is 1. The Hall–Kier alpha value is -4.49. The number of likely N-dealkylation sites (tertiary alicyclic amines) is 2. The van der Waals surface area contributed by atoms with Crippen molar-refractivity contribution < 1.29 is 22.4 Å². The number of nitrogens with one attached hydrogen (secondary N) is 1. The maximum absolute atomic E-state index is 14.2. The lowest BCUT2D eigenvalue weighted by molar-refractivity contribution is -0.137. The van der Waals surface area contributed by atoms with Crippen molar-refractivity contribution in [2.45, 2.75) is 44.4 Å². The van der Waals surface area contributed by atoms with E-state index in [-0.39, 0.29) is 24.1 Å². The molecule has 1 N–H and O–H groups in total. The van der Waals surface area contributed by atoms with E-state index in [0.717, 1.165) is 55.7 Å². The standard InChI is InChI=1S/C34H31F4N5O/c35-27-15-23(14-26(17-27)34(36,37)38)20-40-32-18-30(33(44)43-13-3-4-28(43)21-42-11-1-2-12-42)29-16-25(9-10-31(29)41-32)24-7-5-22(19-39)6-8-24/h5-10,14-18,28H,1-4,11-13,20-21H2,(H,40,41)/t28-/m0/s1. The van der Waals surface area contributed by atoms with Gasteiger partial charge in [0.2, 0.25) is 0 Å². The van der Waals surface area contributed by atoms with Crippen LogP contribution in [0.15, 0.2) is 66.7 Å². The normalized spacial score (nSPS) is 17.2. The predicted molar refractivity (Wildman–Crippen MR) is 160 cm³/mol. The smallest absolute Gasteiger partial charge is 0.366 e. The number of alkyl halides is 3. The van der Waals surface area contributed by atoms with Crippen molar-refractivity contribution in [1.82, 2.24) is 14.8 Å². The Labute approximate surface area is 252 Å². The average molecular weight is 602 g/mol.